The van der Waals surface area contributed by atoms with E-state index in [9.17, 15) is 9.59 Å². The number of carboxylic acids is 1. The molecule has 0 aliphatic rings. The third-order valence-electron chi connectivity index (χ3n) is 1.94. The van der Waals surface area contributed by atoms with E-state index in [-0.39, 0.29) is 17.4 Å². The van der Waals surface area contributed by atoms with E-state index in [0.29, 0.717) is 10.3 Å². The van der Waals surface area contributed by atoms with Gasteiger partial charge >= 0.3 is 5.97 Å². The highest BCUT2D eigenvalue weighted by Gasteiger charge is 2.13. The summed E-state index contributed by atoms with van der Waals surface area (Å²) in [5.74, 6) is -0.0444. The second-order valence-electron chi connectivity index (χ2n) is 3.74. The van der Waals surface area contributed by atoms with Gasteiger partial charge in [-0.3, -0.25) is 14.9 Å². The number of nitrogens with two attached hydrogens (primary N) is 1. The Morgan fingerprint density at radius 3 is 2.95 bits per heavy atom. The predicted octanol–water partition coefficient (Wildman–Crippen LogP) is 1.12. The number of hydrogen-bond acceptors (Lipinski definition) is 8. The van der Waals surface area contributed by atoms with Crippen molar-refractivity contribution in [3.05, 3.63) is 0 Å². The third-order valence-corrected chi connectivity index (χ3v) is 4.80. The fraction of sp³-hybridized carbons (Fsp3) is 0.600. The van der Waals surface area contributed by atoms with Crippen LogP contribution < -0.4 is 11.1 Å². The van der Waals surface area contributed by atoms with Gasteiger partial charge in [-0.15, -0.1) is 11.8 Å². The van der Waals surface area contributed by atoms with Gasteiger partial charge in [-0.2, -0.15) is 9.36 Å². The van der Waals surface area contributed by atoms with Crippen LogP contribution in [0, 0.1) is 0 Å². The van der Waals surface area contributed by atoms with Gasteiger partial charge in [-0.05, 0) is 6.42 Å². The normalized spacial score (nSPS) is 12.1. The Bertz CT molecular complexity index is 455. The van der Waals surface area contributed by atoms with Crippen molar-refractivity contribution in [1.29, 1.82) is 0 Å². The third kappa shape index (κ3) is 6.55. The van der Waals surface area contributed by atoms with Crippen molar-refractivity contribution in [2.24, 2.45) is 5.73 Å². The zero-order valence-electron chi connectivity index (χ0n) is 10.9. The maximum atomic E-state index is 11.6. The SMILES string of the molecule is CCCSc1nsc(NC(=O)CSC[C@@H](N)C(=O)O)n1. The second-order valence-corrected chi connectivity index (χ2v) is 6.58. The van der Waals surface area contributed by atoms with E-state index >= 15 is 0 Å². The summed E-state index contributed by atoms with van der Waals surface area (Å²) in [6, 6.07) is -0.952. The molecule has 112 valence electrons. The van der Waals surface area contributed by atoms with E-state index in [2.05, 4.69) is 21.6 Å². The fourth-order valence-electron chi connectivity index (χ4n) is 1.02. The summed E-state index contributed by atoms with van der Waals surface area (Å²) in [5, 5.41) is 12.3. The summed E-state index contributed by atoms with van der Waals surface area (Å²) in [5.41, 5.74) is 5.33. The number of nitrogens with zero attached hydrogens (tertiary/aromatic N) is 2. The second kappa shape index (κ2) is 9.16. The highest BCUT2D eigenvalue weighted by Crippen LogP contribution is 2.20. The average molecular weight is 336 g/mol. The summed E-state index contributed by atoms with van der Waals surface area (Å²) in [6.07, 6.45) is 1.03. The molecule has 0 unspecified atom stereocenters. The van der Waals surface area contributed by atoms with E-state index in [1.54, 1.807) is 11.8 Å². The summed E-state index contributed by atoms with van der Waals surface area (Å²) in [6.45, 7) is 2.07. The quantitative estimate of drug-likeness (QED) is 0.574. The molecule has 0 saturated carbocycles. The number of aromatic nitrogens is 2. The maximum Gasteiger partial charge on any atom is 0.321 e. The lowest BCUT2D eigenvalue weighted by atomic mass is 10.4. The molecule has 10 heteroatoms. The van der Waals surface area contributed by atoms with Crippen LogP contribution in [0.3, 0.4) is 0 Å². The van der Waals surface area contributed by atoms with Crippen LogP contribution in [0.1, 0.15) is 13.3 Å². The molecule has 0 saturated heterocycles. The molecule has 0 fully saturated rings. The largest absolute Gasteiger partial charge is 0.480 e. The number of rotatable bonds is 9. The molecule has 20 heavy (non-hydrogen) atoms. The molecule has 0 aliphatic heterocycles. The summed E-state index contributed by atoms with van der Waals surface area (Å²) in [4.78, 5) is 26.3. The van der Waals surface area contributed by atoms with Crippen molar-refractivity contribution < 1.29 is 14.7 Å². The van der Waals surface area contributed by atoms with E-state index < -0.39 is 12.0 Å². The van der Waals surface area contributed by atoms with Crippen molar-refractivity contribution in [3.8, 4) is 0 Å². The number of amides is 1. The van der Waals surface area contributed by atoms with Gasteiger partial charge in [0.05, 0.1) is 5.75 Å². The molecule has 1 atom stereocenters. The summed E-state index contributed by atoms with van der Waals surface area (Å²) < 4.78 is 4.11. The standard InChI is InChI=1S/C10H16N4O3S3/c1-2-3-19-10-13-9(20-14-10)12-7(15)5-18-4-6(11)8(16)17/h6H,2-5,11H2,1H3,(H,16,17)(H,12,13,14,15)/t6-/m1/s1. The van der Waals surface area contributed by atoms with Crippen LogP contribution >= 0.6 is 35.1 Å². The van der Waals surface area contributed by atoms with Gasteiger partial charge in [0, 0.05) is 23.0 Å². The van der Waals surface area contributed by atoms with Crippen LogP contribution in [0.25, 0.3) is 0 Å². The topological polar surface area (TPSA) is 118 Å². The highest BCUT2D eigenvalue weighted by atomic mass is 32.2. The number of carbonyl (C=O) groups is 2. The first-order chi connectivity index (χ1) is 9.52. The zero-order chi connectivity index (χ0) is 15.0. The van der Waals surface area contributed by atoms with Crippen LogP contribution in [0.15, 0.2) is 5.16 Å². The number of nitrogens with one attached hydrogen (secondary N) is 1. The minimum absolute atomic E-state index is 0.137. The summed E-state index contributed by atoms with van der Waals surface area (Å²) >= 11 is 3.85. The minimum Gasteiger partial charge on any atom is -0.480 e. The number of carbonyl (C=O) groups excluding carboxylic acids is 1. The lowest BCUT2D eigenvalue weighted by molar-refractivity contribution is -0.137. The number of aliphatic carboxylic acids is 1. The number of carboxylic acid groups (broad SMARTS) is 1. The molecule has 0 radical (unpaired) electrons. The van der Waals surface area contributed by atoms with Crippen molar-refractivity contribution >= 4 is 52.1 Å². The Kier molecular flexibility index (Phi) is 7.88. The molecule has 1 heterocycles. The smallest absolute Gasteiger partial charge is 0.321 e. The molecule has 0 aliphatic carbocycles. The molecular formula is C10H16N4O3S3. The Balaban J connectivity index is 2.28. The Labute approximate surface area is 129 Å². The molecule has 0 bridgehead atoms. The lowest BCUT2D eigenvalue weighted by Crippen LogP contribution is -2.33. The van der Waals surface area contributed by atoms with Gasteiger partial charge in [0.1, 0.15) is 6.04 Å². The van der Waals surface area contributed by atoms with Crippen LogP contribution in [-0.2, 0) is 9.59 Å². The van der Waals surface area contributed by atoms with Crippen LogP contribution in [0.5, 0.6) is 0 Å². The van der Waals surface area contributed by atoms with E-state index in [0.717, 1.165) is 23.7 Å². The maximum absolute atomic E-state index is 11.6. The fourth-order valence-corrected chi connectivity index (χ4v) is 3.20. The predicted molar refractivity (Wildman–Crippen MR) is 82.5 cm³/mol. The van der Waals surface area contributed by atoms with E-state index in [4.69, 9.17) is 10.8 Å². The van der Waals surface area contributed by atoms with E-state index in [1.807, 2.05) is 0 Å². The Hall–Kier alpha value is -0.840. The Morgan fingerprint density at radius 2 is 2.30 bits per heavy atom. The first-order valence-corrected chi connectivity index (χ1v) is 8.76. The molecule has 1 aromatic rings. The molecule has 1 rings (SSSR count). The number of anilines is 1. The van der Waals surface area contributed by atoms with Gasteiger partial charge < -0.3 is 10.8 Å². The first kappa shape index (κ1) is 17.2. The molecule has 4 N–H and O–H groups in total. The van der Waals surface area contributed by atoms with Gasteiger partial charge in [0.2, 0.25) is 16.2 Å². The van der Waals surface area contributed by atoms with Gasteiger partial charge in [0.25, 0.3) is 0 Å². The number of thioether (sulfide) groups is 2. The summed E-state index contributed by atoms with van der Waals surface area (Å²) in [7, 11) is 0. The average Bonchev–Trinajstić information content (AvgIpc) is 2.83. The van der Waals surface area contributed by atoms with Crippen molar-refractivity contribution in [2.45, 2.75) is 24.5 Å². The number of hydrogen-bond donors (Lipinski definition) is 3. The Morgan fingerprint density at radius 1 is 1.55 bits per heavy atom. The van der Waals surface area contributed by atoms with E-state index in [1.165, 1.54) is 11.8 Å². The highest BCUT2D eigenvalue weighted by molar-refractivity contribution is 8.00. The molecule has 7 nitrogen and oxygen atoms in total. The van der Waals surface area contributed by atoms with Gasteiger partial charge in [-0.25, -0.2) is 0 Å². The lowest BCUT2D eigenvalue weighted by Gasteiger charge is -2.05. The molecule has 0 aromatic carbocycles. The molecule has 0 spiro atoms. The minimum atomic E-state index is -1.07. The molecule has 1 amide bonds. The molecule has 1 aromatic heterocycles. The van der Waals surface area contributed by atoms with Crippen molar-refractivity contribution in [1.82, 2.24) is 9.36 Å². The first-order valence-electron chi connectivity index (χ1n) is 5.85. The monoisotopic (exact) mass is 336 g/mol. The van der Waals surface area contributed by atoms with Gasteiger partial charge in [-0.1, -0.05) is 18.7 Å². The van der Waals surface area contributed by atoms with Gasteiger partial charge in [0.15, 0.2) is 0 Å². The van der Waals surface area contributed by atoms with Crippen molar-refractivity contribution in [2.75, 3.05) is 22.6 Å². The molecular weight excluding hydrogens is 320 g/mol. The zero-order valence-corrected chi connectivity index (χ0v) is 13.3. The van der Waals surface area contributed by atoms with Crippen LogP contribution in [-0.4, -0.2) is 49.6 Å². The van der Waals surface area contributed by atoms with Crippen molar-refractivity contribution in [3.63, 3.8) is 0 Å². The van der Waals surface area contributed by atoms with Crippen LogP contribution in [0.4, 0.5) is 5.13 Å². The van der Waals surface area contributed by atoms with Crippen LogP contribution in [0.2, 0.25) is 0 Å².